The predicted molar refractivity (Wildman–Crippen MR) is 98.5 cm³/mol. The lowest BCUT2D eigenvalue weighted by atomic mass is 10.1. The van der Waals surface area contributed by atoms with Crippen molar-refractivity contribution in [2.75, 3.05) is 13.7 Å². The molecule has 0 atom stereocenters. The molecule has 0 fully saturated rings. The number of hydrogen-bond donors (Lipinski definition) is 1. The van der Waals surface area contributed by atoms with E-state index in [-0.39, 0.29) is 18.3 Å². The second-order valence-electron chi connectivity index (χ2n) is 5.69. The molecule has 3 aromatic rings. The highest BCUT2D eigenvalue weighted by Crippen LogP contribution is 2.18. The molecule has 0 aliphatic rings. The zero-order valence-corrected chi connectivity index (χ0v) is 14.6. The van der Waals surface area contributed by atoms with E-state index in [1.54, 1.807) is 13.2 Å². The number of carbonyl (C=O) groups is 1. The van der Waals surface area contributed by atoms with E-state index in [2.05, 4.69) is 5.32 Å². The molecule has 2 aromatic carbocycles. The smallest absolute Gasteiger partial charge is 0.287 e. The van der Waals surface area contributed by atoms with Gasteiger partial charge in [0.15, 0.2) is 5.76 Å². The fourth-order valence-electron chi connectivity index (χ4n) is 2.63. The third-order valence-corrected chi connectivity index (χ3v) is 3.96. The van der Waals surface area contributed by atoms with Gasteiger partial charge in [0.25, 0.3) is 5.91 Å². The van der Waals surface area contributed by atoms with Crippen molar-refractivity contribution in [1.29, 1.82) is 0 Å². The van der Waals surface area contributed by atoms with Crippen LogP contribution in [-0.4, -0.2) is 19.6 Å². The highest BCUT2D eigenvalue weighted by molar-refractivity contribution is 5.92. The van der Waals surface area contributed by atoms with Gasteiger partial charge in [0.2, 0.25) is 0 Å². The van der Waals surface area contributed by atoms with E-state index in [1.165, 1.54) is 6.26 Å². The maximum Gasteiger partial charge on any atom is 0.287 e. The Kier molecular flexibility index (Phi) is 5.93. The van der Waals surface area contributed by atoms with Gasteiger partial charge >= 0.3 is 0 Å². The standard InChI is InChI=1S/C21H21NO4/c1-24-19-10-6-5-7-16(19)11-13-22-21(23)20-17(12-14-25-20)15-26-18-8-3-2-4-9-18/h2-10,12,14H,11,13,15H2,1H3,(H,22,23). The van der Waals surface area contributed by atoms with Crippen LogP contribution in [0, 0.1) is 0 Å². The van der Waals surface area contributed by atoms with Crippen LogP contribution in [0.25, 0.3) is 0 Å². The summed E-state index contributed by atoms with van der Waals surface area (Å²) in [7, 11) is 1.64. The van der Waals surface area contributed by atoms with Crippen molar-refractivity contribution in [3.63, 3.8) is 0 Å². The zero-order chi connectivity index (χ0) is 18.2. The molecule has 1 aromatic heterocycles. The highest BCUT2D eigenvalue weighted by atomic mass is 16.5. The van der Waals surface area contributed by atoms with E-state index in [9.17, 15) is 4.79 Å². The Balaban J connectivity index is 1.54. The summed E-state index contributed by atoms with van der Waals surface area (Å²) in [4.78, 5) is 12.4. The minimum absolute atomic E-state index is 0.253. The summed E-state index contributed by atoms with van der Waals surface area (Å²) < 4.78 is 16.4. The van der Waals surface area contributed by atoms with Gasteiger partial charge in [-0.1, -0.05) is 36.4 Å². The first-order valence-electron chi connectivity index (χ1n) is 8.42. The summed E-state index contributed by atoms with van der Waals surface area (Å²) in [6.07, 6.45) is 2.17. The monoisotopic (exact) mass is 351 g/mol. The maximum atomic E-state index is 12.4. The first-order chi connectivity index (χ1) is 12.8. The van der Waals surface area contributed by atoms with Crippen LogP contribution >= 0.6 is 0 Å². The number of nitrogens with one attached hydrogen (secondary N) is 1. The van der Waals surface area contributed by atoms with Crippen LogP contribution < -0.4 is 14.8 Å². The van der Waals surface area contributed by atoms with E-state index in [4.69, 9.17) is 13.9 Å². The number of hydrogen-bond acceptors (Lipinski definition) is 4. The topological polar surface area (TPSA) is 60.7 Å². The van der Waals surface area contributed by atoms with Crippen molar-refractivity contribution in [2.24, 2.45) is 0 Å². The molecule has 0 saturated heterocycles. The molecule has 134 valence electrons. The van der Waals surface area contributed by atoms with E-state index in [0.717, 1.165) is 17.1 Å². The van der Waals surface area contributed by atoms with Gasteiger partial charge in [0.1, 0.15) is 18.1 Å². The van der Waals surface area contributed by atoms with E-state index in [1.807, 2.05) is 54.6 Å². The molecule has 1 amide bonds. The van der Waals surface area contributed by atoms with Crippen LogP contribution in [0.3, 0.4) is 0 Å². The van der Waals surface area contributed by atoms with Crippen molar-refractivity contribution < 1.29 is 18.7 Å². The Morgan fingerprint density at radius 3 is 2.58 bits per heavy atom. The molecule has 0 aliphatic heterocycles. The molecular weight excluding hydrogens is 330 g/mol. The number of para-hydroxylation sites is 2. The number of benzene rings is 2. The lowest BCUT2D eigenvalue weighted by Gasteiger charge is -2.09. The maximum absolute atomic E-state index is 12.4. The quantitative estimate of drug-likeness (QED) is 0.670. The number of furan rings is 1. The van der Waals surface area contributed by atoms with Crippen LogP contribution in [0.1, 0.15) is 21.7 Å². The predicted octanol–water partition coefficient (Wildman–Crippen LogP) is 3.84. The zero-order valence-electron chi connectivity index (χ0n) is 14.6. The normalized spacial score (nSPS) is 10.3. The van der Waals surface area contributed by atoms with Gasteiger partial charge in [-0.15, -0.1) is 0 Å². The van der Waals surface area contributed by atoms with Crippen molar-refractivity contribution in [2.45, 2.75) is 13.0 Å². The number of carbonyl (C=O) groups excluding carboxylic acids is 1. The van der Waals surface area contributed by atoms with Gasteiger partial charge in [-0.05, 0) is 36.2 Å². The molecule has 0 spiro atoms. The molecule has 0 aliphatic carbocycles. The molecule has 0 radical (unpaired) electrons. The molecule has 1 heterocycles. The van der Waals surface area contributed by atoms with Crippen LogP contribution in [0.2, 0.25) is 0 Å². The average molecular weight is 351 g/mol. The largest absolute Gasteiger partial charge is 0.496 e. The SMILES string of the molecule is COc1ccccc1CCNC(=O)c1occc1COc1ccccc1. The molecule has 3 rings (SSSR count). The van der Waals surface area contributed by atoms with Gasteiger partial charge in [-0.2, -0.15) is 0 Å². The third-order valence-electron chi connectivity index (χ3n) is 3.96. The molecule has 26 heavy (non-hydrogen) atoms. The lowest BCUT2D eigenvalue weighted by Crippen LogP contribution is -2.26. The Morgan fingerprint density at radius 1 is 1.00 bits per heavy atom. The van der Waals surface area contributed by atoms with E-state index in [0.29, 0.717) is 18.5 Å². The van der Waals surface area contributed by atoms with E-state index >= 15 is 0 Å². The molecule has 0 unspecified atom stereocenters. The second kappa shape index (κ2) is 8.76. The van der Waals surface area contributed by atoms with Gasteiger partial charge in [0, 0.05) is 12.1 Å². The van der Waals surface area contributed by atoms with Crippen LogP contribution in [0.4, 0.5) is 0 Å². The summed E-state index contributed by atoms with van der Waals surface area (Å²) in [6, 6.07) is 19.0. The van der Waals surface area contributed by atoms with Gasteiger partial charge in [0.05, 0.1) is 13.4 Å². The number of methoxy groups -OCH3 is 1. The van der Waals surface area contributed by atoms with Crippen LogP contribution in [0.5, 0.6) is 11.5 Å². The fourth-order valence-corrected chi connectivity index (χ4v) is 2.63. The third kappa shape index (κ3) is 4.45. The summed E-state index contributed by atoms with van der Waals surface area (Å²) in [5, 5.41) is 2.88. The Morgan fingerprint density at radius 2 is 1.77 bits per heavy atom. The number of amides is 1. The van der Waals surface area contributed by atoms with Gasteiger partial charge in [-0.3, -0.25) is 4.79 Å². The van der Waals surface area contributed by atoms with Crippen molar-refractivity contribution >= 4 is 5.91 Å². The molecule has 0 bridgehead atoms. The summed E-state index contributed by atoms with van der Waals surface area (Å²) in [5.41, 5.74) is 1.76. The summed E-state index contributed by atoms with van der Waals surface area (Å²) in [6.45, 7) is 0.759. The van der Waals surface area contributed by atoms with Crippen LogP contribution in [-0.2, 0) is 13.0 Å². The van der Waals surface area contributed by atoms with Crippen molar-refractivity contribution in [3.05, 3.63) is 83.8 Å². The fraction of sp³-hybridized carbons (Fsp3) is 0.190. The molecule has 5 nitrogen and oxygen atoms in total. The Hall–Kier alpha value is -3.21. The summed E-state index contributed by atoms with van der Waals surface area (Å²) in [5.74, 6) is 1.59. The van der Waals surface area contributed by atoms with Gasteiger partial charge < -0.3 is 19.2 Å². The van der Waals surface area contributed by atoms with E-state index < -0.39 is 0 Å². The van der Waals surface area contributed by atoms with Gasteiger partial charge in [-0.25, -0.2) is 0 Å². The molecule has 1 N–H and O–H groups in total. The minimum atomic E-state index is -0.253. The van der Waals surface area contributed by atoms with Crippen LogP contribution in [0.15, 0.2) is 71.3 Å². The second-order valence-corrected chi connectivity index (χ2v) is 5.69. The highest BCUT2D eigenvalue weighted by Gasteiger charge is 2.15. The summed E-state index contributed by atoms with van der Waals surface area (Å²) >= 11 is 0. The number of ether oxygens (including phenoxy) is 2. The van der Waals surface area contributed by atoms with Crippen molar-refractivity contribution in [1.82, 2.24) is 5.32 Å². The number of rotatable bonds is 8. The van der Waals surface area contributed by atoms with Crippen molar-refractivity contribution in [3.8, 4) is 11.5 Å². The first kappa shape index (κ1) is 17.6. The Bertz CT molecular complexity index is 842. The lowest BCUT2D eigenvalue weighted by molar-refractivity contribution is 0.0923. The Labute approximate surface area is 152 Å². The first-order valence-corrected chi connectivity index (χ1v) is 8.42. The average Bonchev–Trinajstić information content (AvgIpc) is 3.16. The molecule has 0 saturated carbocycles. The minimum Gasteiger partial charge on any atom is -0.496 e. The molecule has 5 heteroatoms. The molecular formula is C21H21NO4.